The van der Waals surface area contributed by atoms with E-state index in [1.165, 1.54) is 13.3 Å². The van der Waals surface area contributed by atoms with E-state index in [-0.39, 0.29) is 6.09 Å². The minimum atomic E-state index is -0.482. The first kappa shape index (κ1) is 29.9. The van der Waals surface area contributed by atoms with Gasteiger partial charge in [0.05, 0.1) is 26.9 Å². The summed E-state index contributed by atoms with van der Waals surface area (Å²) >= 11 is 0. The molecular formula is C27H44N4O7. The second-order valence-electron chi connectivity index (χ2n) is 10.7. The highest BCUT2D eigenvalue weighted by Gasteiger charge is 2.28. The van der Waals surface area contributed by atoms with Gasteiger partial charge >= 0.3 is 12.1 Å². The van der Waals surface area contributed by atoms with Crippen molar-refractivity contribution in [1.82, 2.24) is 14.8 Å². The first-order valence-corrected chi connectivity index (χ1v) is 13.4. The summed E-state index contributed by atoms with van der Waals surface area (Å²) in [7, 11) is 2.97. The summed E-state index contributed by atoms with van der Waals surface area (Å²) in [5.74, 6) is 1.35. The Balaban J connectivity index is 1.47. The molecule has 2 aliphatic rings. The van der Waals surface area contributed by atoms with Gasteiger partial charge in [0.1, 0.15) is 29.3 Å². The van der Waals surface area contributed by atoms with Gasteiger partial charge in [-0.15, -0.1) is 0 Å². The van der Waals surface area contributed by atoms with Crippen molar-refractivity contribution in [2.45, 2.75) is 39.2 Å². The predicted octanol–water partition coefficient (Wildman–Crippen LogP) is 2.68. The maximum Gasteiger partial charge on any atom is 0.410 e. The van der Waals surface area contributed by atoms with Gasteiger partial charge in [0.25, 0.3) is 0 Å². The third-order valence-electron chi connectivity index (χ3n) is 6.65. The number of hydrogen-bond acceptors (Lipinski definition) is 10. The lowest BCUT2D eigenvalue weighted by Crippen LogP contribution is -2.51. The lowest BCUT2D eigenvalue weighted by atomic mass is 9.96. The maximum atomic E-state index is 12.3. The summed E-state index contributed by atoms with van der Waals surface area (Å²) in [5.41, 5.74) is -0.171. The first-order chi connectivity index (χ1) is 18.2. The number of rotatable bonds is 11. The molecule has 1 amide bonds. The molecule has 0 aliphatic carbocycles. The van der Waals surface area contributed by atoms with Crippen LogP contribution >= 0.6 is 0 Å². The van der Waals surface area contributed by atoms with Crippen LogP contribution in [0.25, 0.3) is 0 Å². The molecule has 0 saturated carbocycles. The number of carbonyl (C=O) groups is 2. The zero-order valence-corrected chi connectivity index (χ0v) is 23.6. The number of anilines is 1. The number of piperazine rings is 1. The summed E-state index contributed by atoms with van der Waals surface area (Å²) in [5, 5.41) is 0. The molecule has 2 fully saturated rings. The van der Waals surface area contributed by atoms with Crippen LogP contribution in [0.4, 0.5) is 10.6 Å². The zero-order chi connectivity index (χ0) is 27.5. The highest BCUT2D eigenvalue weighted by atomic mass is 16.6. The van der Waals surface area contributed by atoms with Crippen molar-refractivity contribution in [2.75, 3.05) is 91.4 Å². The molecule has 0 aromatic carbocycles. The Morgan fingerprint density at radius 3 is 2.29 bits per heavy atom. The van der Waals surface area contributed by atoms with E-state index >= 15 is 0 Å². The topological polar surface area (TPSA) is 103 Å². The largest absolute Gasteiger partial charge is 0.490 e. The van der Waals surface area contributed by atoms with Crippen LogP contribution in [0, 0.1) is 5.92 Å². The van der Waals surface area contributed by atoms with Crippen LogP contribution < -0.4 is 9.64 Å². The molecule has 11 heteroatoms. The highest BCUT2D eigenvalue weighted by molar-refractivity contribution is 5.92. The van der Waals surface area contributed by atoms with E-state index < -0.39 is 11.6 Å². The molecule has 1 aromatic rings. The molecule has 3 rings (SSSR count). The summed E-state index contributed by atoms with van der Waals surface area (Å²) in [4.78, 5) is 35.6. The number of ether oxygens (including phenoxy) is 5. The fourth-order valence-electron chi connectivity index (χ4n) is 4.59. The molecule has 2 aliphatic heterocycles. The van der Waals surface area contributed by atoms with Gasteiger partial charge < -0.3 is 33.5 Å². The number of pyridine rings is 1. The van der Waals surface area contributed by atoms with E-state index in [2.05, 4.69) is 14.8 Å². The fourth-order valence-corrected chi connectivity index (χ4v) is 4.59. The van der Waals surface area contributed by atoms with Crippen molar-refractivity contribution in [1.29, 1.82) is 0 Å². The molecule has 0 unspecified atom stereocenters. The first-order valence-electron chi connectivity index (χ1n) is 13.4. The van der Waals surface area contributed by atoms with Crippen LogP contribution in [0.1, 0.15) is 44.0 Å². The third kappa shape index (κ3) is 9.28. The van der Waals surface area contributed by atoms with E-state index in [9.17, 15) is 9.59 Å². The monoisotopic (exact) mass is 536 g/mol. The number of piperidine rings is 1. The van der Waals surface area contributed by atoms with E-state index in [1.807, 2.05) is 26.8 Å². The molecule has 0 bridgehead atoms. The van der Waals surface area contributed by atoms with Crippen LogP contribution in [-0.2, 0) is 18.9 Å². The Hall–Kier alpha value is -2.63. The number of carbonyl (C=O) groups excluding carboxylic acids is 2. The van der Waals surface area contributed by atoms with Crippen LogP contribution in [0.3, 0.4) is 0 Å². The van der Waals surface area contributed by atoms with Crippen LogP contribution in [0.15, 0.2) is 12.3 Å². The molecule has 3 heterocycles. The smallest absolute Gasteiger partial charge is 0.410 e. The second kappa shape index (κ2) is 14.5. The van der Waals surface area contributed by atoms with Gasteiger partial charge in [-0.3, -0.25) is 4.90 Å². The molecule has 0 atom stereocenters. The van der Waals surface area contributed by atoms with Crippen molar-refractivity contribution < 1.29 is 33.3 Å². The fraction of sp³-hybridized carbons (Fsp3) is 0.741. The minimum absolute atomic E-state index is 0.224. The lowest BCUT2D eigenvalue weighted by molar-refractivity contribution is 0.0130. The minimum Gasteiger partial charge on any atom is -0.490 e. The molecule has 0 spiro atoms. The SMILES string of the molecule is COCCOCCOc1cc(N2CCC(CN3CCN(C(=O)OC(C)(C)C)CC3)CC2)ncc1C(=O)OC. The van der Waals surface area contributed by atoms with Crippen molar-refractivity contribution in [3.63, 3.8) is 0 Å². The molecular weight excluding hydrogens is 492 g/mol. The molecule has 0 N–H and O–H groups in total. The van der Waals surface area contributed by atoms with Crippen LogP contribution in [0.5, 0.6) is 5.75 Å². The number of amides is 1. The Bertz CT molecular complexity index is 892. The van der Waals surface area contributed by atoms with Crippen molar-refractivity contribution in [3.8, 4) is 5.75 Å². The normalized spacial score (nSPS) is 17.4. The molecule has 38 heavy (non-hydrogen) atoms. The van der Waals surface area contributed by atoms with Crippen LogP contribution in [-0.4, -0.2) is 119 Å². The van der Waals surface area contributed by atoms with E-state index in [4.69, 9.17) is 23.7 Å². The molecule has 2 saturated heterocycles. The molecule has 11 nitrogen and oxygen atoms in total. The predicted molar refractivity (Wildman–Crippen MR) is 143 cm³/mol. The van der Waals surface area contributed by atoms with E-state index in [0.717, 1.165) is 51.4 Å². The molecule has 1 aromatic heterocycles. The second-order valence-corrected chi connectivity index (χ2v) is 10.7. The van der Waals surface area contributed by atoms with Gasteiger partial charge in [-0.05, 0) is 39.5 Å². The Morgan fingerprint density at radius 1 is 0.974 bits per heavy atom. The molecule has 214 valence electrons. The summed E-state index contributed by atoms with van der Waals surface area (Å²) in [6.45, 7) is 13.3. The van der Waals surface area contributed by atoms with Gasteiger partial charge in [0, 0.05) is 65.2 Å². The number of methoxy groups -OCH3 is 2. The number of aromatic nitrogens is 1. The summed E-state index contributed by atoms with van der Waals surface area (Å²) < 4.78 is 26.7. The Labute approximate surface area is 226 Å². The van der Waals surface area contributed by atoms with Gasteiger partial charge in [-0.2, -0.15) is 0 Å². The summed E-state index contributed by atoms with van der Waals surface area (Å²) in [6, 6.07) is 1.82. The standard InChI is InChI=1S/C27H44N4O7/c1-27(2,3)38-26(33)31-12-10-29(11-13-31)20-21-6-8-30(9-7-21)24-18-23(22(19-28-24)25(32)35-5)37-17-16-36-15-14-34-4/h18-19,21H,6-17,20H2,1-5H3. The Kier molecular flexibility index (Phi) is 11.4. The van der Waals surface area contributed by atoms with Gasteiger partial charge in [0.15, 0.2) is 0 Å². The van der Waals surface area contributed by atoms with Gasteiger partial charge in [0.2, 0.25) is 0 Å². The summed E-state index contributed by atoms with van der Waals surface area (Å²) in [6.07, 6.45) is 3.41. The van der Waals surface area contributed by atoms with Crippen molar-refractivity contribution >= 4 is 17.9 Å². The van der Waals surface area contributed by atoms with E-state index in [0.29, 0.717) is 56.7 Å². The average molecular weight is 537 g/mol. The lowest BCUT2D eigenvalue weighted by Gasteiger charge is -2.39. The average Bonchev–Trinajstić information content (AvgIpc) is 2.90. The van der Waals surface area contributed by atoms with E-state index in [1.54, 1.807) is 12.0 Å². The van der Waals surface area contributed by atoms with Crippen LogP contribution in [0.2, 0.25) is 0 Å². The van der Waals surface area contributed by atoms with Crippen molar-refractivity contribution in [3.05, 3.63) is 17.8 Å². The zero-order valence-electron chi connectivity index (χ0n) is 23.6. The van der Waals surface area contributed by atoms with Gasteiger partial charge in [-0.1, -0.05) is 0 Å². The van der Waals surface area contributed by atoms with Crippen molar-refractivity contribution in [2.24, 2.45) is 5.92 Å². The van der Waals surface area contributed by atoms with Gasteiger partial charge in [-0.25, -0.2) is 14.6 Å². The number of nitrogens with zero attached hydrogens (tertiary/aromatic N) is 4. The quantitative estimate of drug-likeness (QED) is 0.310. The maximum absolute atomic E-state index is 12.3. The molecule has 0 radical (unpaired) electrons. The number of esters is 1. The Morgan fingerprint density at radius 2 is 1.66 bits per heavy atom. The third-order valence-corrected chi connectivity index (χ3v) is 6.65. The number of hydrogen-bond donors (Lipinski definition) is 0. The highest BCUT2D eigenvalue weighted by Crippen LogP contribution is 2.28.